The van der Waals surface area contributed by atoms with E-state index in [-0.39, 0.29) is 5.70 Å². The molecule has 1 aromatic heterocycles. The molecule has 4 N–H and O–H groups in total. The molecule has 0 spiro atoms. The summed E-state index contributed by atoms with van der Waals surface area (Å²) in [6, 6.07) is 3.64. The fraction of sp³-hybridized carbons (Fsp3) is 0.278. The van der Waals surface area contributed by atoms with Crippen LogP contribution in [0.3, 0.4) is 0 Å². The Hall–Kier alpha value is -2.07. The minimum absolute atomic E-state index is 0.00187. The highest BCUT2D eigenvalue weighted by Gasteiger charge is 2.54. The lowest BCUT2D eigenvalue weighted by molar-refractivity contribution is -0.150. The van der Waals surface area contributed by atoms with Crippen LogP contribution in [0.25, 0.3) is 10.1 Å². The number of benzene rings is 1. The molecule has 3 atom stereocenters. The number of hydrogen-bond donors (Lipinski definition) is 3. The molecule has 0 aliphatic carbocycles. The van der Waals surface area contributed by atoms with Gasteiger partial charge in [-0.3, -0.25) is 14.5 Å². The second-order valence-electron chi connectivity index (χ2n) is 6.64. The summed E-state index contributed by atoms with van der Waals surface area (Å²) >= 11 is 8.94. The normalized spacial score (nSPS) is 22.7. The highest BCUT2D eigenvalue weighted by molar-refractivity contribution is 8.00. The molecule has 10 heteroatoms. The lowest BCUT2D eigenvalue weighted by Crippen LogP contribution is -2.71. The smallest absolute Gasteiger partial charge is 0.352 e. The van der Waals surface area contributed by atoms with Gasteiger partial charge >= 0.3 is 5.97 Å². The first kappa shape index (κ1) is 19.3. The zero-order valence-electron chi connectivity index (χ0n) is 14.6. The quantitative estimate of drug-likeness (QED) is 0.632. The van der Waals surface area contributed by atoms with E-state index in [9.17, 15) is 19.5 Å². The van der Waals surface area contributed by atoms with Gasteiger partial charge < -0.3 is 16.2 Å². The Morgan fingerprint density at radius 3 is 2.89 bits per heavy atom. The Labute approximate surface area is 173 Å². The van der Waals surface area contributed by atoms with Crippen LogP contribution in [0.1, 0.15) is 18.5 Å². The van der Waals surface area contributed by atoms with Crippen molar-refractivity contribution in [2.75, 3.05) is 5.75 Å². The molecule has 7 nitrogen and oxygen atoms in total. The molecule has 2 aliphatic rings. The lowest BCUT2D eigenvalue weighted by atomic mass is 10.0. The van der Waals surface area contributed by atoms with Crippen molar-refractivity contribution in [3.8, 4) is 0 Å². The predicted molar refractivity (Wildman–Crippen MR) is 109 cm³/mol. The van der Waals surface area contributed by atoms with Gasteiger partial charge in [-0.25, -0.2) is 4.79 Å². The van der Waals surface area contributed by atoms with Crippen molar-refractivity contribution in [1.29, 1.82) is 0 Å². The Morgan fingerprint density at radius 2 is 2.18 bits per heavy atom. The van der Waals surface area contributed by atoms with E-state index in [4.69, 9.17) is 17.3 Å². The number of nitrogens with two attached hydrogens (primary N) is 1. The Balaban J connectivity index is 1.52. The maximum atomic E-state index is 12.7. The van der Waals surface area contributed by atoms with Gasteiger partial charge in [0.05, 0.1) is 0 Å². The first-order valence-electron chi connectivity index (χ1n) is 8.40. The number of β-lactam (4-membered cyclic amide) rings is 1. The highest BCUT2D eigenvalue weighted by atomic mass is 35.5. The molecule has 0 radical (unpaired) electrons. The standard InChI is InChI=1S/C18H16ClN3O4S2/c1-7-5-28-17-13(16(24)22(17)14(7)18(25)26)21-15(23)12(20)10-6-27-11-3-2-8(19)4-9(10)11/h2-4,6,12-13,17H,5,20H2,1H3,(H,21,23)(H,25,26)/t12-,13?,17?/m1/s1. The Bertz CT molecular complexity index is 1050. The van der Waals surface area contributed by atoms with E-state index in [0.717, 1.165) is 10.1 Å². The lowest BCUT2D eigenvalue weighted by Gasteiger charge is -2.49. The third-order valence-corrected chi connectivity index (χ3v) is 7.48. The van der Waals surface area contributed by atoms with Gasteiger partial charge in [-0.1, -0.05) is 11.6 Å². The number of carboxylic acid groups (broad SMARTS) is 1. The maximum Gasteiger partial charge on any atom is 0.352 e. The van der Waals surface area contributed by atoms with Crippen LogP contribution in [-0.4, -0.2) is 45.0 Å². The average molecular weight is 438 g/mol. The minimum atomic E-state index is -1.14. The Morgan fingerprint density at radius 1 is 1.43 bits per heavy atom. The van der Waals surface area contributed by atoms with E-state index in [0.29, 0.717) is 21.9 Å². The minimum Gasteiger partial charge on any atom is -0.477 e. The number of thiophene rings is 1. The van der Waals surface area contributed by atoms with Crippen LogP contribution in [0.15, 0.2) is 34.8 Å². The fourth-order valence-corrected chi connectivity index (χ4v) is 5.86. The maximum absolute atomic E-state index is 12.7. The number of carbonyl (C=O) groups excluding carboxylic acids is 2. The van der Waals surface area contributed by atoms with E-state index < -0.39 is 35.2 Å². The van der Waals surface area contributed by atoms with Crippen LogP contribution in [0, 0.1) is 0 Å². The molecule has 2 aromatic rings. The summed E-state index contributed by atoms with van der Waals surface area (Å²) in [5, 5.41) is 14.8. The summed E-state index contributed by atoms with van der Waals surface area (Å²) in [5.74, 6) is -1.57. The number of rotatable bonds is 4. The van der Waals surface area contributed by atoms with Crippen molar-refractivity contribution in [3.63, 3.8) is 0 Å². The van der Waals surface area contributed by atoms with E-state index in [1.165, 1.54) is 28.0 Å². The molecule has 3 heterocycles. The van der Waals surface area contributed by atoms with Crippen molar-refractivity contribution in [2.45, 2.75) is 24.4 Å². The zero-order valence-corrected chi connectivity index (χ0v) is 17.0. The number of carbonyl (C=O) groups is 3. The van der Waals surface area contributed by atoms with Crippen LogP contribution >= 0.6 is 34.7 Å². The zero-order chi connectivity index (χ0) is 20.2. The summed E-state index contributed by atoms with van der Waals surface area (Å²) in [6.07, 6.45) is 0. The van der Waals surface area contributed by atoms with Crippen LogP contribution < -0.4 is 11.1 Å². The summed E-state index contributed by atoms with van der Waals surface area (Å²) in [6.45, 7) is 1.69. The van der Waals surface area contributed by atoms with E-state index >= 15 is 0 Å². The fourth-order valence-electron chi connectivity index (χ4n) is 3.42. The number of amides is 2. The van der Waals surface area contributed by atoms with Crippen molar-refractivity contribution >= 4 is 62.6 Å². The number of aliphatic carboxylic acids is 1. The SMILES string of the molecule is CC1=C(C(=O)O)N2C(=O)C(NC(=O)[C@H](N)c3csc4ccc(Cl)cc34)C2SC1. The van der Waals surface area contributed by atoms with E-state index in [1.54, 1.807) is 19.1 Å². The molecule has 1 fully saturated rings. The van der Waals surface area contributed by atoms with Gasteiger partial charge in [-0.05, 0) is 47.0 Å². The summed E-state index contributed by atoms with van der Waals surface area (Å²) in [7, 11) is 0. The van der Waals surface area contributed by atoms with Crippen molar-refractivity contribution in [3.05, 3.63) is 45.4 Å². The van der Waals surface area contributed by atoms with E-state index in [2.05, 4.69) is 5.32 Å². The van der Waals surface area contributed by atoms with Crippen molar-refractivity contribution in [2.24, 2.45) is 5.73 Å². The molecule has 146 valence electrons. The van der Waals surface area contributed by atoms with Crippen LogP contribution in [-0.2, 0) is 14.4 Å². The molecule has 0 saturated carbocycles. The second kappa shape index (κ2) is 7.07. The summed E-state index contributed by atoms with van der Waals surface area (Å²) < 4.78 is 0.961. The molecular weight excluding hydrogens is 422 g/mol. The average Bonchev–Trinajstić information content (AvgIpc) is 3.07. The monoisotopic (exact) mass is 437 g/mol. The molecule has 1 saturated heterocycles. The number of nitrogens with zero attached hydrogens (tertiary/aromatic N) is 1. The Kier molecular flexibility index (Phi) is 4.86. The largest absolute Gasteiger partial charge is 0.477 e. The number of fused-ring (bicyclic) bond motifs is 2. The van der Waals surface area contributed by atoms with Gasteiger partial charge in [0, 0.05) is 15.5 Å². The molecule has 4 rings (SSSR count). The number of thioether (sulfide) groups is 1. The summed E-state index contributed by atoms with van der Waals surface area (Å²) in [5.41, 5.74) is 7.43. The summed E-state index contributed by atoms with van der Waals surface area (Å²) in [4.78, 5) is 37.9. The second-order valence-corrected chi connectivity index (χ2v) is 9.09. The number of nitrogens with one attached hydrogen (secondary N) is 1. The first-order chi connectivity index (χ1) is 13.3. The molecule has 1 aromatic carbocycles. The predicted octanol–water partition coefficient (Wildman–Crippen LogP) is 2.31. The van der Waals surface area contributed by atoms with Crippen LogP contribution in [0.5, 0.6) is 0 Å². The van der Waals surface area contributed by atoms with Gasteiger partial charge in [-0.2, -0.15) is 0 Å². The molecule has 2 aliphatic heterocycles. The van der Waals surface area contributed by atoms with Crippen LogP contribution in [0.2, 0.25) is 5.02 Å². The van der Waals surface area contributed by atoms with Gasteiger partial charge in [0.1, 0.15) is 23.2 Å². The van der Waals surface area contributed by atoms with Crippen molar-refractivity contribution in [1.82, 2.24) is 10.2 Å². The molecule has 2 amide bonds. The molecular formula is C18H16ClN3O4S2. The van der Waals surface area contributed by atoms with Crippen molar-refractivity contribution < 1.29 is 19.5 Å². The molecule has 2 unspecified atom stereocenters. The van der Waals surface area contributed by atoms with Gasteiger partial charge in [0.15, 0.2) is 0 Å². The van der Waals surface area contributed by atoms with Gasteiger partial charge in [-0.15, -0.1) is 23.1 Å². The number of halogens is 1. The molecule has 28 heavy (non-hydrogen) atoms. The third kappa shape index (κ3) is 2.98. The molecule has 0 bridgehead atoms. The van der Waals surface area contributed by atoms with Crippen LogP contribution in [0.4, 0.5) is 0 Å². The number of hydrogen-bond acceptors (Lipinski definition) is 6. The van der Waals surface area contributed by atoms with Gasteiger partial charge in [0.25, 0.3) is 5.91 Å². The third-order valence-electron chi connectivity index (χ3n) is 4.84. The van der Waals surface area contributed by atoms with E-state index in [1.807, 2.05) is 11.4 Å². The first-order valence-corrected chi connectivity index (χ1v) is 10.7. The highest BCUT2D eigenvalue weighted by Crippen LogP contribution is 2.40. The van der Waals surface area contributed by atoms with Gasteiger partial charge in [0.2, 0.25) is 5.91 Å². The topological polar surface area (TPSA) is 113 Å². The number of carboxylic acids is 1.